The summed E-state index contributed by atoms with van der Waals surface area (Å²) >= 11 is 0. The molecule has 1 atom stereocenters. The van der Waals surface area contributed by atoms with Gasteiger partial charge >= 0.3 is 6.18 Å². The van der Waals surface area contributed by atoms with Gasteiger partial charge in [-0.15, -0.1) is 0 Å². The van der Waals surface area contributed by atoms with Gasteiger partial charge in [0.1, 0.15) is 0 Å². The minimum atomic E-state index is -4.49. The van der Waals surface area contributed by atoms with E-state index in [1.165, 1.54) is 36.4 Å². The van der Waals surface area contributed by atoms with E-state index in [1.54, 1.807) is 0 Å². The summed E-state index contributed by atoms with van der Waals surface area (Å²) in [7, 11) is -7.21. The normalized spacial score (nSPS) is 18.6. The number of hydrogen-bond acceptors (Lipinski definition) is 5. The fraction of sp³-hybridized carbons (Fsp3) is 0.316. The maximum atomic E-state index is 12.8. The molecular weight excluding hydrogens is 457 g/mol. The van der Waals surface area contributed by atoms with Crippen molar-refractivity contribution in [3.63, 3.8) is 0 Å². The quantitative estimate of drug-likeness (QED) is 0.664. The average Bonchev–Trinajstić information content (AvgIpc) is 3.03. The molecule has 2 aromatic carbocycles. The maximum absolute atomic E-state index is 12.8. The van der Waals surface area contributed by atoms with Crippen LogP contribution in [0.3, 0.4) is 0 Å². The Morgan fingerprint density at radius 1 is 1.10 bits per heavy atom. The molecule has 0 saturated carbocycles. The van der Waals surface area contributed by atoms with Crippen molar-refractivity contribution in [2.75, 3.05) is 11.5 Å². The number of benzene rings is 2. The van der Waals surface area contributed by atoms with Gasteiger partial charge in [-0.25, -0.2) is 21.6 Å². The lowest BCUT2D eigenvalue weighted by Crippen LogP contribution is -2.35. The molecule has 1 aliphatic heterocycles. The van der Waals surface area contributed by atoms with Gasteiger partial charge in [-0.1, -0.05) is 12.1 Å². The van der Waals surface area contributed by atoms with Crippen molar-refractivity contribution in [2.24, 2.45) is 0 Å². The molecule has 12 heteroatoms. The second-order valence-electron chi connectivity index (χ2n) is 7.13. The first-order valence-electron chi connectivity index (χ1n) is 9.13. The monoisotopic (exact) mass is 476 g/mol. The summed E-state index contributed by atoms with van der Waals surface area (Å²) in [6.07, 6.45) is -4.30. The van der Waals surface area contributed by atoms with Crippen LogP contribution in [0.15, 0.2) is 53.4 Å². The van der Waals surface area contributed by atoms with Gasteiger partial charge in [-0.05, 0) is 48.4 Å². The van der Waals surface area contributed by atoms with Gasteiger partial charge in [-0.2, -0.15) is 13.2 Å². The number of sulfone groups is 1. The standard InChI is InChI=1S/C19H19F3N2O5S2/c20-19(21,22)15-3-1-2-13(10-15)11-23-18(25)14-4-6-17(7-5-14)31(28,29)24-16-8-9-30(26,27)12-16/h1-7,10,16,24H,8-9,11-12H2,(H,23,25). The van der Waals surface area contributed by atoms with Crippen molar-refractivity contribution in [2.45, 2.75) is 30.1 Å². The predicted molar refractivity (Wildman–Crippen MR) is 106 cm³/mol. The summed E-state index contributed by atoms with van der Waals surface area (Å²) < 4.78 is 88.4. The molecule has 3 rings (SSSR count). The zero-order valence-electron chi connectivity index (χ0n) is 16.0. The smallest absolute Gasteiger partial charge is 0.348 e. The van der Waals surface area contributed by atoms with Crippen LogP contribution in [0.1, 0.15) is 27.9 Å². The molecular formula is C19H19F3N2O5S2. The van der Waals surface area contributed by atoms with E-state index < -0.39 is 43.5 Å². The highest BCUT2D eigenvalue weighted by Crippen LogP contribution is 2.29. The number of hydrogen-bond donors (Lipinski definition) is 2. The van der Waals surface area contributed by atoms with E-state index in [4.69, 9.17) is 0 Å². The first-order valence-corrected chi connectivity index (χ1v) is 12.4. The lowest BCUT2D eigenvalue weighted by molar-refractivity contribution is -0.137. The molecule has 0 bridgehead atoms. The molecule has 2 N–H and O–H groups in total. The number of nitrogens with one attached hydrogen (secondary N) is 2. The van der Waals surface area contributed by atoms with Gasteiger partial charge in [-0.3, -0.25) is 4.79 Å². The van der Waals surface area contributed by atoms with Gasteiger partial charge in [0.25, 0.3) is 5.91 Å². The van der Waals surface area contributed by atoms with Crippen LogP contribution < -0.4 is 10.0 Å². The fourth-order valence-corrected chi connectivity index (χ4v) is 6.15. The van der Waals surface area contributed by atoms with Crippen molar-refractivity contribution >= 4 is 25.8 Å². The van der Waals surface area contributed by atoms with Crippen LogP contribution in [0.2, 0.25) is 0 Å². The molecule has 1 saturated heterocycles. The molecule has 1 unspecified atom stereocenters. The van der Waals surface area contributed by atoms with E-state index in [0.29, 0.717) is 0 Å². The molecule has 0 spiro atoms. The van der Waals surface area contributed by atoms with Crippen molar-refractivity contribution in [3.8, 4) is 0 Å². The largest absolute Gasteiger partial charge is 0.416 e. The van der Waals surface area contributed by atoms with Crippen LogP contribution in [0.25, 0.3) is 0 Å². The zero-order chi connectivity index (χ0) is 22.9. The van der Waals surface area contributed by atoms with Crippen LogP contribution in [0.5, 0.6) is 0 Å². The summed E-state index contributed by atoms with van der Waals surface area (Å²) in [5.74, 6) is -0.927. The predicted octanol–water partition coefficient (Wildman–Crippen LogP) is 2.10. The minimum Gasteiger partial charge on any atom is -0.348 e. The molecule has 168 valence electrons. The molecule has 31 heavy (non-hydrogen) atoms. The highest BCUT2D eigenvalue weighted by Gasteiger charge is 2.32. The van der Waals surface area contributed by atoms with Gasteiger partial charge in [0.2, 0.25) is 10.0 Å². The zero-order valence-corrected chi connectivity index (χ0v) is 17.6. The number of carbonyl (C=O) groups is 1. The van der Waals surface area contributed by atoms with E-state index in [2.05, 4.69) is 10.0 Å². The Hall–Kier alpha value is -2.44. The van der Waals surface area contributed by atoms with Crippen LogP contribution in [0.4, 0.5) is 13.2 Å². The molecule has 1 heterocycles. The number of amides is 1. The van der Waals surface area contributed by atoms with E-state index in [0.717, 1.165) is 12.1 Å². The molecule has 1 fully saturated rings. The van der Waals surface area contributed by atoms with Crippen molar-refractivity contribution in [1.29, 1.82) is 0 Å². The van der Waals surface area contributed by atoms with Crippen LogP contribution in [-0.4, -0.2) is 40.3 Å². The minimum absolute atomic E-state index is 0.0782. The van der Waals surface area contributed by atoms with Crippen molar-refractivity contribution in [1.82, 2.24) is 10.0 Å². The first-order chi connectivity index (χ1) is 14.4. The number of carbonyl (C=O) groups excluding carboxylic acids is 1. The third kappa shape index (κ3) is 6.05. The lowest BCUT2D eigenvalue weighted by Gasteiger charge is -2.12. The Labute approximate surface area is 177 Å². The van der Waals surface area contributed by atoms with E-state index >= 15 is 0 Å². The Balaban J connectivity index is 1.62. The highest BCUT2D eigenvalue weighted by atomic mass is 32.2. The first kappa shape index (κ1) is 23.2. The van der Waals surface area contributed by atoms with E-state index in [9.17, 15) is 34.8 Å². The Bertz CT molecular complexity index is 1180. The van der Waals surface area contributed by atoms with E-state index in [-0.39, 0.29) is 40.5 Å². The second-order valence-corrected chi connectivity index (χ2v) is 11.1. The second kappa shape index (κ2) is 8.60. The number of rotatable bonds is 6. The number of alkyl halides is 3. The SMILES string of the molecule is O=C(NCc1cccc(C(F)(F)F)c1)c1ccc(S(=O)(=O)NC2CCS(=O)(=O)C2)cc1. The van der Waals surface area contributed by atoms with Crippen molar-refractivity contribution in [3.05, 3.63) is 65.2 Å². The van der Waals surface area contributed by atoms with Gasteiger partial charge in [0, 0.05) is 18.2 Å². The van der Waals surface area contributed by atoms with Gasteiger partial charge < -0.3 is 5.32 Å². The molecule has 1 aliphatic rings. The topological polar surface area (TPSA) is 109 Å². The third-order valence-corrected chi connectivity index (χ3v) is 7.99. The average molecular weight is 476 g/mol. The summed E-state index contributed by atoms with van der Waals surface area (Å²) in [6, 6.07) is 8.78. The van der Waals surface area contributed by atoms with Crippen LogP contribution >= 0.6 is 0 Å². The molecule has 0 aliphatic carbocycles. The fourth-order valence-electron chi connectivity index (χ4n) is 3.10. The molecule has 1 amide bonds. The molecule has 2 aromatic rings. The summed E-state index contributed by atoms with van der Waals surface area (Å²) in [6.45, 7) is -0.138. The summed E-state index contributed by atoms with van der Waals surface area (Å²) in [5, 5.41) is 2.48. The van der Waals surface area contributed by atoms with Crippen LogP contribution in [-0.2, 0) is 32.6 Å². The maximum Gasteiger partial charge on any atom is 0.416 e. The van der Waals surface area contributed by atoms with Gasteiger partial charge in [0.05, 0.1) is 22.0 Å². The third-order valence-electron chi connectivity index (χ3n) is 4.69. The number of sulfonamides is 1. The highest BCUT2D eigenvalue weighted by molar-refractivity contribution is 7.92. The number of halogens is 3. The van der Waals surface area contributed by atoms with Crippen molar-refractivity contribution < 1.29 is 34.8 Å². The Morgan fingerprint density at radius 2 is 1.77 bits per heavy atom. The van der Waals surface area contributed by atoms with E-state index in [1.807, 2.05) is 0 Å². The Morgan fingerprint density at radius 3 is 2.35 bits per heavy atom. The summed E-state index contributed by atoms with van der Waals surface area (Å²) in [5.41, 5.74) is -0.441. The molecule has 7 nitrogen and oxygen atoms in total. The summed E-state index contributed by atoms with van der Waals surface area (Å²) in [4.78, 5) is 12.1. The molecule has 0 aromatic heterocycles. The van der Waals surface area contributed by atoms with Crippen LogP contribution in [0, 0.1) is 0 Å². The molecule has 0 radical (unpaired) electrons. The lowest BCUT2D eigenvalue weighted by atomic mass is 10.1. The Kier molecular flexibility index (Phi) is 6.44. The van der Waals surface area contributed by atoms with Gasteiger partial charge in [0.15, 0.2) is 9.84 Å².